The lowest BCUT2D eigenvalue weighted by molar-refractivity contribution is -0.0103. The molecule has 0 aliphatic carbocycles. The molecule has 0 amide bonds. The van der Waals surface area contributed by atoms with E-state index >= 15 is 0 Å². The van der Waals surface area contributed by atoms with Gasteiger partial charge in [-0.25, -0.2) is 0 Å². The van der Waals surface area contributed by atoms with Crippen LogP contribution in [0.25, 0.3) is 10.9 Å². The summed E-state index contributed by atoms with van der Waals surface area (Å²) in [6, 6.07) is 9.94. The summed E-state index contributed by atoms with van der Waals surface area (Å²) in [4.78, 5) is 6.64. The standard InChI is InChI=1S/C16H18N4O/c1-11-9-20(10-13(8-18)21-11)15-5-4-12(7-17)16-14(15)3-2-6-19-16/h2-6,11,13H,8-10,18H2,1H3/t11?,13-/m0/s1. The zero-order valence-corrected chi connectivity index (χ0v) is 12.0. The predicted molar refractivity (Wildman–Crippen MR) is 82.1 cm³/mol. The van der Waals surface area contributed by atoms with Crippen LogP contribution in [0.2, 0.25) is 0 Å². The Hall–Kier alpha value is -2.16. The van der Waals surface area contributed by atoms with Crippen LogP contribution in [0.15, 0.2) is 30.5 Å². The molecule has 2 atom stereocenters. The van der Waals surface area contributed by atoms with Crippen molar-refractivity contribution in [3.8, 4) is 6.07 Å². The number of hydrogen-bond acceptors (Lipinski definition) is 5. The SMILES string of the molecule is CC1CN(c2ccc(C#N)c3ncccc23)C[C@H](CN)O1. The number of nitrogens with zero attached hydrogens (tertiary/aromatic N) is 3. The van der Waals surface area contributed by atoms with Gasteiger partial charge in [-0.1, -0.05) is 0 Å². The van der Waals surface area contributed by atoms with Gasteiger partial charge in [0.25, 0.3) is 0 Å². The van der Waals surface area contributed by atoms with Gasteiger partial charge in [-0.2, -0.15) is 5.26 Å². The van der Waals surface area contributed by atoms with E-state index < -0.39 is 0 Å². The van der Waals surface area contributed by atoms with Crippen LogP contribution in [0.5, 0.6) is 0 Å². The van der Waals surface area contributed by atoms with Gasteiger partial charge < -0.3 is 15.4 Å². The third-order valence-electron chi connectivity index (χ3n) is 3.80. The molecule has 2 aromatic rings. The van der Waals surface area contributed by atoms with Crippen LogP contribution in [0.4, 0.5) is 5.69 Å². The summed E-state index contributed by atoms with van der Waals surface area (Å²) in [7, 11) is 0. The fourth-order valence-electron chi connectivity index (χ4n) is 2.90. The molecule has 3 rings (SSSR count). The average Bonchev–Trinajstić information content (AvgIpc) is 2.53. The molecule has 1 unspecified atom stereocenters. The molecule has 0 spiro atoms. The van der Waals surface area contributed by atoms with Crippen LogP contribution in [0.3, 0.4) is 0 Å². The third-order valence-corrected chi connectivity index (χ3v) is 3.80. The molecular formula is C16H18N4O. The van der Waals surface area contributed by atoms with Crippen LogP contribution in [0.1, 0.15) is 12.5 Å². The molecule has 1 fully saturated rings. The van der Waals surface area contributed by atoms with Crippen LogP contribution in [-0.2, 0) is 4.74 Å². The average molecular weight is 282 g/mol. The largest absolute Gasteiger partial charge is 0.370 e. The molecule has 1 saturated heterocycles. The Labute approximate surface area is 123 Å². The fraction of sp³-hybridized carbons (Fsp3) is 0.375. The second-order valence-electron chi connectivity index (χ2n) is 5.35. The third kappa shape index (κ3) is 2.56. The lowest BCUT2D eigenvalue weighted by atomic mass is 10.1. The first-order valence-electron chi connectivity index (χ1n) is 7.11. The van der Waals surface area contributed by atoms with Crippen molar-refractivity contribution in [3.05, 3.63) is 36.0 Å². The van der Waals surface area contributed by atoms with Crippen molar-refractivity contribution in [1.29, 1.82) is 5.26 Å². The van der Waals surface area contributed by atoms with E-state index in [1.54, 1.807) is 6.20 Å². The number of morpholine rings is 1. The number of aromatic nitrogens is 1. The number of anilines is 1. The maximum atomic E-state index is 9.22. The number of nitriles is 1. The van der Waals surface area contributed by atoms with E-state index in [0.29, 0.717) is 12.1 Å². The van der Waals surface area contributed by atoms with Gasteiger partial charge in [0.05, 0.1) is 23.3 Å². The van der Waals surface area contributed by atoms with Crippen LogP contribution < -0.4 is 10.6 Å². The minimum atomic E-state index is 0.0381. The summed E-state index contributed by atoms with van der Waals surface area (Å²) < 4.78 is 5.81. The number of hydrogen-bond donors (Lipinski definition) is 1. The number of rotatable bonds is 2. The van der Waals surface area contributed by atoms with Crippen molar-refractivity contribution in [2.24, 2.45) is 5.73 Å². The molecule has 1 aromatic carbocycles. The summed E-state index contributed by atoms with van der Waals surface area (Å²) in [6.07, 6.45) is 1.89. The highest BCUT2D eigenvalue weighted by Gasteiger charge is 2.25. The van der Waals surface area contributed by atoms with E-state index in [1.807, 2.05) is 24.3 Å². The Morgan fingerprint density at radius 3 is 3.05 bits per heavy atom. The van der Waals surface area contributed by atoms with Crippen LogP contribution in [0, 0.1) is 11.3 Å². The summed E-state index contributed by atoms with van der Waals surface area (Å²) in [5.74, 6) is 0. The highest BCUT2D eigenvalue weighted by atomic mass is 16.5. The van der Waals surface area contributed by atoms with Crippen LogP contribution in [-0.4, -0.2) is 36.8 Å². The number of fused-ring (bicyclic) bond motifs is 1. The summed E-state index contributed by atoms with van der Waals surface area (Å²) >= 11 is 0. The van der Waals surface area contributed by atoms with E-state index in [9.17, 15) is 5.26 Å². The smallest absolute Gasteiger partial charge is 0.101 e. The van der Waals surface area contributed by atoms with Gasteiger partial charge >= 0.3 is 0 Å². The summed E-state index contributed by atoms with van der Waals surface area (Å²) in [5, 5.41) is 10.2. The Kier molecular flexibility index (Phi) is 3.74. The van der Waals surface area contributed by atoms with E-state index in [1.165, 1.54) is 0 Å². The van der Waals surface area contributed by atoms with Gasteiger partial charge in [-0.05, 0) is 31.2 Å². The first kappa shape index (κ1) is 13.8. The van der Waals surface area contributed by atoms with E-state index in [0.717, 1.165) is 29.7 Å². The molecule has 2 N–H and O–H groups in total. The van der Waals surface area contributed by atoms with Gasteiger partial charge in [-0.15, -0.1) is 0 Å². The monoisotopic (exact) mass is 282 g/mol. The highest BCUT2D eigenvalue weighted by Crippen LogP contribution is 2.30. The second kappa shape index (κ2) is 5.68. The minimum Gasteiger partial charge on any atom is -0.370 e. The second-order valence-corrected chi connectivity index (χ2v) is 5.35. The van der Waals surface area contributed by atoms with Crippen molar-refractivity contribution in [2.45, 2.75) is 19.1 Å². The lowest BCUT2D eigenvalue weighted by Crippen LogP contribution is -2.49. The molecule has 1 aliphatic rings. The molecule has 5 nitrogen and oxygen atoms in total. The van der Waals surface area contributed by atoms with Crippen molar-refractivity contribution in [2.75, 3.05) is 24.5 Å². The topological polar surface area (TPSA) is 75.2 Å². The molecule has 5 heteroatoms. The molecule has 0 radical (unpaired) electrons. The molecule has 0 bridgehead atoms. The molecule has 2 heterocycles. The molecule has 1 aromatic heterocycles. The first-order valence-corrected chi connectivity index (χ1v) is 7.11. The van der Waals surface area contributed by atoms with Gasteiger partial charge in [0.2, 0.25) is 0 Å². The molecule has 108 valence electrons. The summed E-state index contributed by atoms with van der Waals surface area (Å²) in [6.45, 7) is 4.13. The fourth-order valence-corrected chi connectivity index (χ4v) is 2.90. The molecule has 0 saturated carbocycles. The molecule has 1 aliphatic heterocycles. The van der Waals surface area contributed by atoms with Gasteiger partial charge in [0, 0.05) is 36.9 Å². The van der Waals surface area contributed by atoms with Gasteiger partial charge in [0.15, 0.2) is 0 Å². The van der Waals surface area contributed by atoms with E-state index in [-0.39, 0.29) is 12.2 Å². The Bertz CT molecular complexity index is 694. The maximum Gasteiger partial charge on any atom is 0.101 e. The van der Waals surface area contributed by atoms with E-state index in [4.69, 9.17) is 10.5 Å². The van der Waals surface area contributed by atoms with E-state index in [2.05, 4.69) is 22.9 Å². The van der Waals surface area contributed by atoms with Gasteiger partial charge in [-0.3, -0.25) is 4.98 Å². The Morgan fingerprint density at radius 2 is 2.29 bits per heavy atom. The normalized spacial score (nSPS) is 22.2. The van der Waals surface area contributed by atoms with Crippen molar-refractivity contribution in [3.63, 3.8) is 0 Å². The van der Waals surface area contributed by atoms with Gasteiger partial charge in [0.1, 0.15) is 6.07 Å². The molecular weight excluding hydrogens is 264 g/mol. The molecule has 21 heavy (non-hydrogen) atoms. The first-order chi connectivity index (χ1) is 10.2. The van der Waals surface area contributed by atoms with Crippen molar-refractivity contribution in [1.82, 2.24) is 4.98 Å². The number of pyridine rings is 1. The van der Waals surface area contributed by atoms with Crippen molar-refractivity contribution >= 4 is 16.6 Å². The lowest BCUT2D eigenvalue weighted by Gasteiger charge is -2.38. The number of benzene rings is 1. The maximum absolute atomic E-state index is 9.22. The zero-order chi connectivity index (χ0) is 14.8. The zero-order valence-electron chi connectivity index (χ0n) is 12.0. The van der Waals surface area contributed by atoms with Crippen molar-refractivity contribution < 1.29 is 4.74 Å². The Morgan fingerprint density at radius 1 is 1.43 bits per heavy atom. The Balaban J connectivity index is 2.07. The minimum absolute atomic E-state index is 0.0381. The quantitative estimate of drug-likeness (QED) is 0.906. The highest BCUT2D eigenvalue weighted by molar-refractivity contribution is 5.95. The number of nitrogens with two attached hydrogens (primary N) is 1. The predicted octanol–water partition coefficient (Wildman–Crippen LogP) is 1.66. The number of ether oxygens (including phenoxy) is 1. The summed E-state index contributed by atoms with van der Waals surface area (Å²) in [5.41, 5.74) is 8.20. The van der Waals surface area contributed by atoms with Crippen LogP contribution >= 0.6 is 0 Å².